The predicted molar refractivity (Wildman–Crippen MR) is 90.3 cm³/mol. The minimum atomic E-state index is -0.0654. The highest BCUT2D eigenvalue weighted by atomic mass is 16.5. The summed E-state index contributed by atoms with van der Waals surface area (Å²) in [4.78, 5) is 11.0. The molecule has 0 aromatic heterocycles. The van der Waals surface area contributed by atoms with Gasteiger partial charge in [-0.2, -0.15) is 0 Å². The molecule has 2 aromatic rings. The van der Waals surface area contributed by atoms with E-state index in [0.717, 1.165) is 23.7 Å². The number of anilines is 2. The van der Waals surface area contributed by atoms with Crippen molar-refractivity contribution in [2.75, 3.05) is 10.6 Å². The third-order valence-corrected chi connectivity index (χ3v) is 3.00. The lowest BCUT2D eigenvalue weighted by Gasteiger charge is -2.11. The highest BCUT2D eigenvalue weighted by molar-refractivity contribution is 5.88. The first-order chi connectivity index (χ1) is 10.5. The van der Waals surface area contributed by atoms with Crippen molar-refractivity contribution < 1.29 is 9.53 Å². The summed E-state index contributed by atoms with van der Waals surface area (Å²) in [6, 6.07) is 15.7. The van der Waals surface area contributed by atoms with E-state index in [-0.39, 0.29) is 12.0 Å². The first-order valence-corrected chi connectivity index (χ1v) is 7.40. The number of carbonyl (C=O) groups is 1. The molecule has 0 heterocycles. The summed E-state index contributed by atoms with van der Waals surface area (Å²) in [6.45, 7) is 6.26. The largest absolute Gasteiger partial charge is 0.491 e. The Balaban J connectivity index is 1.88. The van der Waals surface area contributed by atoms with Crippen LogP contribution < -0.4 is 15.4 Å². The number of carbonyl (C=O) groups excluding carboxylic acids is 1. The van der Waals surface area contributed by atoms with Crippen LogP contribution in [-0.2, 0) is 11.3 Å². The van der Waals surface area contributed by atoms with E-state index in [1.165, 1.54) is 12.5 Å². The molecule has 0 aliphatic carbocycles. The SMILES string of the molecule is CC(=O)Nc1ccc(NCc2ccc(OC(C)C)cc2)cc1. The third kappa shape index (κ3) is 5.13. The van der Waals surface area contributed by atoms with E-state index in [2.05, 4.69) is 22.8 Å². The summed E-state index contributed by atoms with van der Waals surface area (Å²) in [5.41, 5.74) is 2.99. The van der Waals surface area contributed by atoms with Gasteiger partial charge in [-0.15, -0.1) is 0 Å². The van der Waals surface area contributed by atoms with Gasteiger partial charge in [0.15, 0.2) is 0 Å². The Labute approximate surface area is 131 Å². The zero-order chi connectivity index (χ0) is 15.9. The molecule has 0 bridgehead atoms. The molecule has 0 radical (unpaired) electrons. The number of hydrogen-bond acceptors (Lipinski definition) is 3. The molecule has 2 rings (SSSR count). The summed E-state index contributed by atoms with van der Waals surface area (Å²) in [6.07, 6.45) is 0.186. The summed E-state index contributed by atoms with van der Waals surface area (Å²) in [7, 11) is 0. The molecule has 0 fully saturated rings. The molecule has 0 aliphatic heterocycles. The van der Waals surface area contributed by atoms with Gasteiger partial charge in [0.25, 0.3) is 0 Å². The molecule has 116 valence electrons. The van der Waals surface area contributed by atoms with Crippen LogP contribution in [0, 0.1) is 0 Å². The van der Waals surface area contributed by atoms with Gasteiger partial charge in [0.2, 0.25) is 5.91 Å². The van der Waals surface area contributed by atoms with Crippen LogP contribution in [0.5, 0.6) is 5.75 Å². The maximum atomic E-state index is 11.0. The topological polar surface area (TPSA) is 50.4 Å². The van der Waals surface area contributed by atoms with Crippen molar-refractivity contribution in [3.63, 3.8) is 0 Å². The zero-order valence-corrected chi connectivity index (χ0v) is 13.2. The molecule has 2 aromatic carbocycles. The molecule has 0 spiro atoms. The van der Waals surface area contributed by atoms with Crippen LogP contribution >= 0.6 is 0 Å². The van der Waals surface area contributed by atoms with E-state index in [1.807, 2.05) is 50.2 Å². The molecule has 0 unspecified atom stereocenters. The predicted octanol–water partition coefficient (Wildman–Crippen LogP) is 4.04. The molecule has 0 atom stereocenters. The van der Waals surface area contributed by atoms with E-state index in [4.69, 9.17) is 4.74 Å². The van der Waals surface area contributed by atoms with Crippen LogP contribution in [0.25, 0.3) is 0 Å². The normalized spacial score (nSPS) is 10.4. The van der Waals surface area contributed by atoms with Crippen molar-refractivity contribution in [2.24, 2.45) is 0 Å². The van der Waals surface area contributed by atoms with Gasteiger partial charge in [-0.1, -0.05) is 12.1 Å². The van der Waals surface area contributed by atoms with E-state index in [9.17, 15) is 4.79 Å². The summed E-state index contributed by atoms with van der Waals surface area (Å²) < 4.78 is 5.62. The molecule has 0 saturated heterocycles. The van der Waals surface area contributed by atoms with Gasteiger partial charge < -0.3 is 15.4 Å². The van der Waals surface area contributed by atoms with Crippen molar-refractivity contribution >= 4 is 17.3 Å². The summed E-state index contributed by atoms with van der Waals surface area (Å²) in [5.74, 6) is 0.822. The number of amides is 1. The highest BCUT2D eigenvalue weighted by Gasteiger charge is 1.99. The summed E-state index contributed by atoms with van der Waals surface area (Å²) >= 11 is 0. The van der Waals surface area contributed by atoms with Crippen molar-refractivity contribution in [3.05, 3.63) is 54.1 Å². The molecule has 4 nitrogen and oxygen atoms in total. The monoisotopic (exact) mass is 298 g/mol. The second-order valence-corrected chi connectivity index (χ2v) is 5.42. The zero-order valence-electron chi connectivity index (χ0n) is 13.2. The van der Waals surface area contributed by atoms with Crippen LogP contribution in [-0.4, -0.2) is 12.0 Å². The molecule has 0 aliphatic rings. The third-order valence-electron chi connectivity index (χ3n) is 3.00. The quantitative estimate of drug-likeness (QED) is 0.846. The lowest BCUT2D eigenvalue weighted by Crippen LogP contribution is -2.06. The van der Waals surface area contributed by atoms with E-state index in [1.54, 1.807) is 0 Å². The number of benzene rings is 2. The molecular formula is C18H22N2O2. The van der Waals surface area contributed by atoms with E-state index in [0.29, 0.717) is 0 Å². The number of hydrogen-bond donors (Lipinski definition) is 2. The van der Waals surface area contributed by atoms with E-state index < -0.39 is 0 Å². The van der Waals surface area contributed by atoms with Gasteiger partial charge in [-0.05, 0) is 55.8 Å². The fourth-order valence-electron chi connectivity index (χ4n) is 2.04. The van der Waals surface area contributed by atoms with Crippen molar-refractivity contribution in [1.82, 2.24) is 0 Å². The fourth-order valence-corrected chi connectivity index (χ4v) is 2.04. The Morgan fingerprint density at radius 1 is 1.00 bits per heavy atom. The van der Waals surface area contributed by atoms with Crippen molar-refractivity contribution in [3.8, 4) is 5.75 Å². The molecule has 22 heavy (non-hydrogen) atoms. The van der Waals surface area contributed by atoms with Gasteiger partial charge in [0.1, 0.15) is 5.75 Å². The lowest BCUT2D eigenvalue weighted by atomic mass is 10.2. The van der Waals surface area contributed by atoms with Gasteiger partial charge in [0, 0.05) is 24.8 Å². The second-order valence-electron chi connectivity index (χ2n) is 5.42. The first-order valence-electron chi connectivity index (χ1n) is 7.40. The molecule has 1 amide bonds. The van der Waals surface area contributed by atoms with Crippen LogP contribution in [0.3, 0.4) is 0 Å². The lowest BCUT2D eigenvalue weighted by molar-refractivity contribution is -0.114. The number of nitrogens with one attached hydrogen (secondary N) is 2. The second kappa shape index (κ2) is 7.50. The Morgan fingerprint density at radius 3 is 2.14 bits per heavy atom. The smallest absolute Gasteiger partial charge is 0.221 e. The van der Waals surface area contributed by atoms with Gasteiger partial charge in [0.05, 0.1) is 6.10 Å². The standard InChI is InChI=1S/C18H22N2O2/c1-13(2)22-18-10-4-15(5-11-18)12-19-16-6-8-17(9-7-16)20-14(3)21/h4-11,13,19H,12H2,1-3H3,(H,20,21). The minimum Gasteiger partial charge on any atom is -0.491 e. The van der Waals surface area contributed by atoms with Crippen LogP contribution in [0.15, 0.2) is 48.5 Å². The van der Waals surface area contributed by atoms with Crippen molar-refractivity contribution in [1.29, 1.82) is 0 Å². The average molecular weight is 298 g/mol. The molecule has 4 heteroatoms. The van der Waals surface area contributed by atoms with Crippen LogP contribution in [0.1, 0.15) is 26.3 Å². The molecule has 0 saturated carbocycles. The van der Waals surface area contributed by atoms with Gasteiger partial charge in [-0.25, -0.2) is 0 Å². The molecule has 2 N–H and O–H groups in total. The number of rotatable bonds is 6. The Morgan fingerprint density at radius 2 is 1.59 bits per heavy atom. The first kappa shape index (κ1) is 15.9. The van der Waals surface area contributed by atoms with Crippen LogP contribution in [0.4, 0.5) is 11.4 Å². The maximum absolute atomic E-state index is 11.0. The molecular weight excluding hydrogens is 276 g/mol. The fraction of sp³-hybridized carbons (Fsp3) is 0.278. The Bertz CT molecular complexity index is 604. The Hall–Kier alpha value is -2.49. The number of ether oxygens (including phenoxy) is 1. The summed E-state index contributed by atoms with van der Waals surface area (Å²) in [5, 5.41) is 6.10. The van der Waals surface area contributed by atoms with Crippen molar-refractivity contribution in [2.45, 2.75) is 33.4 Å². The average Bonchev–Trinajstić information content (AvgIpc) is 2.47. The van der Waals surface area contributed by atoms with E-state index >= 15 is 0 Å². The minimum absolute atomic E-state index is 0.0654. The van der Waals surface area contributed by atoms with Gasteiger partial charge >= 0.3 is 0 Å². The highest BCUT2D eigenvalue weighted by Crippen LogP contribution is 2.17. The maximum Gasteiger partial charge on any atom is 0.221 e. The van der Waals surface area contributed by atoms with Crippen LogP contribution in [0.2, 0.25) is 0 Å². The Kier molecular flexibility index (Phi) is 5.42. The van der Waals surface area contributed by atoms with Gasteiger partial charge in [-0.3, -0.25) is 4.79 Å².